The molecule has 20 heavy (non-hydrogen) atoms. The summed E-state index contributed by atoms with van der Waals surface area (Å²) < 4.78 is 17.3. The van der Waals surface area contributed by atoms with Crippen molar-refractivity contribution in [1.82, 2.24) is 0 Å². The summed E-state index contributed by atoms with van der Waals surface area (Å²) in [5, 5.41) is 10.1. The summed E-state index contributed by atoms with van der Waals surface area (Å²) >= 11 is 0. The van der Waals surface area contributed by atoms with Gasteiger partial charge in [0.15, 0.2) is 5.79 Å². The Morgan fingerprint density at radius 1 is 1.05 bits per heavy atom. The molecule has 0 amide bonds. The van der Waals surface area contributed by atoms with E-state index < -0.39 is 0 Å². The number of aliphatic hydroxyl groups excluding tert-OH is 1. The summed E-state index contributed by atoms with van der Waals surface area (Å²) in [5.41, 5.74) is 0. The Balaban J connectivity index is 1.32. The molecule has 3 aliphatic rings. The molecule has 0 aromatic rings. The van der Waals surface area contributed by atoms with Gasteiger partial charge in [-0.05, 0) is 25.2 Å². The maximum absolute atomic E-state index is 10.1. The van der Waals surface area contributed by atoms with Gasteiger partial charge in [-0.3, -0.25) is 0 Å². The van der Waals surface area contributed by atoms with Gasteiger partial charge in [0.05, 0.1) is 32.0 Å². The fourth-order valence-electron chi connectivity index (χ4n) is 3.93. The van der Waals surface area contributed by atoms with Crippen LogP contribution in [0.4, 0.5) is 0 Å². The van der Waals surface area contributed by atoms with Gasteiger partial charge in [0.25, 0.3) is 0 Å². The second kappa shape index (κ2) is 6.73. The third-order valence-corrected chi connectivity index (χ3v) is 5.11. The lowest BCUT2D eigenvalue weighted by Gasteiger charge is -2.35. The quantitative estimate of drug-likeness (QED) is 0.843. The third-order valence-electron chi connectivity index (χ3n) is 5.11. The Hall–Kier alpha value is -0.160. The van der Waals surface area contributed by atoms with Crippen LogP contribution >= 0.6 is 0 Å². The second-order valence-electron chi connectivity index (χ2n) is 6.68. The number of ether oxygens (including phenoxy) is 3. The molecule has 0 radical (unpaired) electrons. The second-order valence-corrected chi connectivity index (χ2v) is 6.68. The van der Waals surface area contributed by atoms with Crippen molar-refractivity contribution < 1.29 is 19.3 Å². The monoisotopic (exact) mass is 284 g/mol. The van der Waals surface area contributed by atoms with Gasteiger partial charge < -0.3 is 19.3 Å². The first-order valence-corrected chi connectivity index (χ1v) is 8.33. The van der Waals surface area contributed by atoms with Gasteiger partial charge in [-0.2, -0.15) is 0 Å². The summed E-state index contributed by atoms with van der Waals surface area (Å²) in [7, 11) is 0. The molecule has 0 bridgehead atoms. The minimum atomic E-state index is -0.303. The van der Waals surface area contributed by atoms with Crippen molar-refractivity contribution in [3.05, 3.63) is 0 Å². The Morgan fingerprint density at radius 3 is 2.35 bits per heavy atom. The first kappa shape index (κ1) is 14.8. The van der Waals surface area contributed by atoms with Crippen LogP contribution in [0.5, 0.6) is 0 Å². The van der Waals surface area contributed by atoms with E-state index in [2.05, 4.69) is 0 Å². The molecule has 1 atom stereocenters. The molecule has 1 spiro atoms. The molecule has 2 aliphatic carbocycles. The molecular formula is C16H28O4. The van der Waals surface area contributed by atoms with Crippen molar-refractivity contribution in [3.63, 3.8) is 0 Å². The molecular weight excluding hydrogens is 256 g/mol. The van der Waals surface area contributed by atoms with E-state index in [0.29, 0.717) is 6.61 Å². The summed E-state index contributed by atoms with van der Waals surface area (Å²) in [4.78, 5) is 0. The molecule has 3 rings (SSSR count). The van der Waals surface area contributed by atoms with Gasteiger partial charge in [0, 0.05) is 12.8 Å². The van der Waals surface area contributed by atoms with Crippen LogP contribution in [-0.2, 0) is 14.2 Å². The van der Waals surface area contributed by atoms with Gasteiger partial charge in [0.2, 0.25) is 0 Å². The number of hydrogen-bond acceptors (Lipinski definition) is 4. The van der Waals surface area contributed by atoms with Crippen LogP contribution in [-0.4, -0.2) is 42.9 Å². The van der Waals surface area contributed by atoms with E-state index >= 15 is 0 Å². The molecule has 1 heterocycles. The highest BCUT2D eigenvalue weighted by atomic mass is 16.7. The minimum absolute atomic E-state index is 0.270. The van der Waals surface area contributed by atoms with E-state index in [1.807, 2.05) is 0 Å². The van der Waals surface area contributed by atoms with Crippen molar-refractivity contribution in [2.75, 3.05) is 19.8 Å². The third kappa shape index (κ3) is 3.73. The van der Waals surface area contributed by atoms with Crippen molar-refractivity contribution in [3.8, 4) is 0 Å². The summed E-state index contributed by atoms with van der Waals surface area (Å²) in [6.07, 6.45) is 9.98. The lowest BCUT2D eigenvalue weighted by Crippen LogP contribution is -2.38. The average molecular weight is 284 g/mol. The fourth-order valence-corrected chi connectivity index (χ4v) is 3.93. The standard InChI is InChI=1S/C16H28O4/c17-14(11-13-3-1-2-4-13)12-18-15-5-7-16(8-6-15)19-9-10-20-16/h13-15,17H,1-12H2. The van der Waals surface area contributed by atoms with Crippen molar-refractivity contribution >= 4 is 0 Å². The summed E-state index contributed by atoms with van der Waals surface area (Å²) in [6, 6.07) is 0. The number of rotatable bonds is 5. The van der Waals surface area contributed by atoms with Crippen LogP contribution in [0.1, 0.15) is 57.8 Å². The van der Waals surface area contributed by atoms with E-state index in [1.54, 1.807) is 0 Å². The smallest absolute Gasteiger partial charge is 0.168 e. The van der Waals surface area contributed by atoms with Crippen LogP contribution in [0.25, 0.3) is 0 Å². The van der Waals surface area contributed by atoms with E-state index in [4.69, 9.17) is 14.2 Å². The summed E-state index contributed by atoms with van der Waals surface area (Å²) in [5.74, 6) is 0.422. The largest absolute Gasteiger partial charge is 0.391 e. The normalized spacial score (nSPS) is 29.2. The van der Waals surface area contributed by atoms with Gasteiger partial charge in [-0.15, -0.1) is 0 Å². The van der Waals surface area contributed by atoms with Crippen molar-refractivity contribution in [2.45, 2.75) is 75.8 Å². The van der Waals surface area contributed by atoms with E-state index in [-0.39, 0.29) is 18.0 Å². The first-order valence-electron chi connectivity index (χ1n) is 8.33. The Labute approximate surface area is 121 Å². The number of aliphatic hydroxyl groups is 1. The van der Waals surface area contributed by atoms with E-state index in [0.717, 1.165) is 51.2 Å². The van der Waals surface area contributed by atoms with Crippen LogP contribution < -0.4 is 0 Å². The maximum atomic E-state index is 10.1. The molecule has 4 heteroatoms. The topological polar surface area (TPSA) is 47.9 Å². The zero-order valence-electron chi connectivity index (χ0n) is 12.4. The van der Waals surface area contributed by atoms with E-state index in [1.165, 1.54) is 25.7 Å². The van der Waals surface area contributed by atoms with Crippen LogP contribution in [0.3, 0.4) is 0 Å². The first-order chi connectivity index (χ1) is 9.76. The van der Waals surface area contributed by atoms with Crippen molar-refractivity contribution in [2.24, 2.45) is 5.92 Å². The molecule has 0 aromatic carbocycles. The fraction of sp³-hybridized carbons (Fsp3) is 1.00. The van der Waals surface area contributed by atoms with Crippen molar-refractivity contribution in [1.29, 1.82) is 0 Å². The molecule has 4 nitrogen and oxygen atoms in total. The molecule has 2 saturated carbocycles. The highest BCUT2D eigenvalue weighted by molar-refractivity contribution is 4.83. The Kier molecular flexibility index (Phi) is 4.97. The SMILES string of the molecule is OC(COC1CCC2(CC1)OCCO2)CC1CCCC1. The average Bonchev–Trinajstić information content (AvgIpc) is 3.11. The molecule has 1 saturated heterocycles. The van der Waals surface area contributed by atoms with Crippen LogP contribution in [0.15, 0.2) is 0 Å². The lowest BCUT2D eigenvalue weighted by atomic mass is 9.91. The molecule has 3 fully saturated rings. The van der Waals surface area contributed by atoms with Crippen LogP contribution in [0, 0.1) is 5.92 Å². The zero-order chi connectivity index (χ0) is 13.8. The van der Waals surface area contributed by atoms with Gasteiger partial charge in [-0.1, -0.05) is 25.7 Å². The zero-order valence-corrected chi connectivity index (χ0v) is 12.4. The molecule has 0 aromatic heterocycles. The molecule has 1 aliphatic heterocycles. The predicted molar refractivity (Wildman–Crippen MR) is 75.4 cm³/mol. The highest BCUT2D eigenvalue weighted by Gasteiger charge is 2.40. The Morgan fingerprint density at radius 2 is 1.70 bits per heavy atom. The Bertz CT molecular complexity index is 285. The number of hydrogen-bond donors (Lipinski definition) is 1. The molecule has 116 valence electrons. The van der Waals surface area contributed by atoms with Gasteiger partial charge in [-0.25, -0.2) is 0 Å². The highest BCUT2D eigenvalue weighted by Crippen LogP contribution is 2.36. The maximum Gasteiger partial charge on any atom is 0.168 e. The van der Waals surface area contributed by atoms with Gasteiger partial charge in [0.1, 0.15) is 0 Å². The predicted octanol–water partition coefficient (Wildman–Crippen LogP) is 2.63. The van der Waals surface area contributed by atoms with Gasteiger partial charge >= 0.3 is 0 Å². The lowest BCUT2D eigenvalue weighted by molar-refractivity contribution is -0.193. The summed E-state index contributed by atoms with van der Waals surface area (Å²) in [6.45, 7) is 1.95. The minimum Gasteiger partial charge on any atom is -0.391 e. The molecule has 1 N–H and O–H groups in total. The van der Waals surface area contributed by atoms with Crippen LogP contribution in [0.2, 0.25) is 0 Å². The molecule has 1 unspecified atom stereocenters. The van der Waals surface area contributed by atoms with E-state index in [9.17, 15) is 5.11 Å².